The summed E-state index contributed by atoms with van der Waals surface area (Å²) < 4.78 is 5.32. The molecule has 0 aromatic rings. The van der Waals surface area contributed by atoms with Crippen molar-refractivity contribution in [1.82, 2.24) is 10.2 Å². The molecule has 0 atom stereocenters. The molecule has 0 saturated carbocycles. The monoisotopic (exact) mass is 290 g/mol. The highest BCUT2D eigenvalue weighted by atomic mass is 16.5. The van der Waals surface area contributed by atoms with E-state index in [1.54, 1.807) is 0 Å². The first-order valence-corrected chi connectivity index (χ1v) is 6.41. The van der Waals surface area contributed by atoms with Crippen LogP contribution in [-0.4, -0.2) is 65.4 Å². The van der Waals surface area contributed by atoms with Gasteiger partial charge in [-0.25, -0.2) is 4.79 Å². The van der Waals surface area contributed by atoms with Crippen LogP contribution in [-0.2, 0) is 14.3 Å². The smallest absolute Gasteiger partial charge is 0.323 e. The molecule has 0 fully saturated rings. The maximum Gasteiger partial charge on any atom is 0.323 e. The fraction of sp³-hybridized carbons (Fsp3) is 0.750. The highest BCUT2D eigenvalue weighted by molar-refractivity contribution is 5.84. The second-order valence-corrected chi connectivity index (χ2v) is 4.50. The number of carbonyl (C=O) groups excluding carboxylic acids is 1. The molecule has 0 heterocycles. The molecule has 3 N–H and O–H groups in total. The molecule has 0 aliphatic heterocycles. The normalized spacial score (nSPS) is 10.3. The van der Waals surface area contributed by atoms with Crippen molar-refractivity contribution in [3.63, 3.8) is 0 Å². The standard InChI is InChI=1S/C12H22N2O6/c1-9(2)20-6-4-3-5-13-12(19)14(7-10(15)16)8-11(17)18/h9H,3-8H2,1-2H3,(H,13,19)(H,15,16)(H,17,18). The molecule has 0 aromatic heterocycles. The number of urea groups is 1. The topological polar surface area (TPSA) is 116 Å². The Morgan fingerprint density at radius 2 is 1.65 bits per heavy atom. The molecule has 8 heteroatoms. The fourth-order valence-corrected chi connectivity index (χ4v) is 1.38. The third-order valence-electron chi connectivity index (χ3n) is 2.24. The summed E-state index contributed by atoms with van der Waals surface area (Å²) in [5.41, 5.74) is 0. The first kappa shape index (κ1) is 18.2. The molecule has 0 saturated heterocycles. The molecule has 0 aromatic carbocycles. The van der Waals surface area contributed by atoms with Gasteiger partial charge in [-0.05, 0) is 26.7 Å². The first-order valence-electron chi connectivity index (χ1n) is 6.41. The Labute approximate surface area is 117 Å². The number of carboxylic acids is 2. The Morgan fingerprint density at radius 1 is 1.10 bits per heavy atom. The molecule has 0 aliphatic rings. The van der Waals surface area contributed by atoms with Crippen LogP contribution in [0.2, 0.25) is 0 Å². The lowest BCUT2D eigenvalue weighted by Crippen LogP contribution is -2.45. The number of unbranched alkanes of at least 4 members (excludes halogenated alkanes) is 1. The number of rotatable bonds is 10. The van der Waals surface area contributed by atoms with Crippen molar-refractivity contribution >= 4 is 18.0 Å². The molecular weight excluding hydrogens is 268 g/mol. The van der Waals surface area contributed by atoms with E-state index in [1.165, 1.54) is 0 Å². The van der Waals surface area contributed by atoms with Gasteiger partial charge in [0.1, 0.15) is 13.1 Å². The zero-order valence-electron chi connectivity index (χ0n) is 11.8. The molecule has 0 aliphatic carbocycles. The molecule has 116 valence electrons. The van der Waals surface area contributed by atoms with Crippen molar-refractivity contribution in [2.24, 2.45) is 0 Å². The van der Waals surface area contributed by atoms with E-state index in [2.05, 4.69) is 5.32 Å². The molecule has 20 heavy (non-hydrogen) atoms. The zero-order chi connectivity index (χ0) is 15.5. The van der Waals surface area contributed by atoms with E-state index >= 15 is 0 Å². The van der Waals surface area contributed by atoms with Crippen molar-refractivity contribution < 1.29 is 29.3 Å². The third-order valence-corrected chi connectivity index (χ3v) is 2.24. The van der Waals surface area contributed by atoms with Crippen LogP contribution in [0.5, 0.6) is 0 Å². The number of nitrogens with one attached hydrogen (secondary N) is 1. The minimum atomic E-state index is -1.26. The maximum atomic E-state index is 11.6. The largest absolute Gasteiger partial charge is 0.480 e. The lowest BCUT2D eigenvalue weighted by Gasteiger charge is -2.19. The number of amides is 2. The lowest BCUT2D eigenvalue weighted by atomic mass is 10.3. The molecule has 2 amide bonds. The minimum Gasteiger partial charge on any atom is -0.480 e. The Kier molecular flexibility index (Phi) is 9.10. The summed E-state index contributed by atoms with van der Waals surface area (Å²) in [6, 6.07) is -0.695. The van der Waals surface area contributed by atoms with E-state index in [0.29, 0.717) is 19.6 Å². The van der Waals surface area contributed by atoms with Gasteiger partial charge in [0.25, 0.3) is 0 Å². The summed E-state index contributed by atoms with van der Waals surface area (Å²) in [6.07, 6.45) is 1.59. The van der Waals surface area contributed by atoms with Gasteiger partial charge in [-0.1, -0.05) is 0 Å². The van der Waals surface area contributed by atoms with Crippen LogP contribution >= 0.6 is 0 Å². The van der Waals surface area contributed by atoms with Crippen molar-refractivity contribution in [3.05, 3.63) is 0 Å². The van der Waals surface area contributed by atoms with Gasteiger partial charge in [-0.3, -0.25) is 9.59 Å². The number of nitrogens with zero attached hydrogens (tertiary/aromatic N) is 1. The lowest BCUT2D eigenvalue weighted by molar-refractivity contribution is -0.140. The summed E-state index contributed by atoms with van der Waals surface area (Å²) in [6.45, 7) is 3.50. The average Bonchev–Trinajstić information content (AvgIpc) is 2.30. The van der Waals surface area contributed by atoms with Crippen LogP contribution < -0.4 is 5.32 Å². The van der Waals surface area contributed by atoms with Crippen molar-refractivity contribution in [3.8, 4) is 0 Å². The van der Waals surface area contributed by atoms with Gasteiger partial charge in [-0.15, -0.1) is 0 Å². The van der Waals surface area contributed by atoms with E-state index in [0.717, 1.165) is 11.3 Å². The van der Waals surface area contributed by atoms with Crippen LogP contribution in [0.15, 0.2) is 0 Å². The molecule has 0 unspecified atom stereocenters. The molecular formula is C12H22N2O6. The van der Waals surface area contributed by atoms with Crippen molar-refractivity contribution in [1.29, 1.82) is 0 Å². The number of carbonyl (C=O) groups is 3. The Balaban J connectivity index is 3.94. The quantitative estimate of drug-likeness (QED) is 0.501. The second-order valence-electron chi connectivity index (χ2n) is 4.50. The number of ether oxygens (including phenoxy) is 1. The van der Waals surface area contributed by atoms with Crippen LogP contribution in [0.4, 0.5) is 4.79 Å². The Bertz CT molecular complexity index is 316. The number of hydrogen-bond acceptors (Lipinski definition) is 4. The van der Waals surface area contributed by atoms with Crippen LogP contribution in [0, 0.1) is 0 Å². The molecule has 0 rings (SSSR count). The maximum absolute atomic E-state index is 11.6. The van der Waals surface area contributed by atoms with E-state index < -0.39 is 31.1 Å². The summed E-state index contributed by atoms with van der Waals surface area (Å²) in [4.78, 5) is 33.4. The zero-order valence-corrected chi connectivity index (χ0v) is 11.8. The van der Waals surface area contributed by atoms with Gasteiger partial charge in [0, 0.05) is 13.2 Å². The number of hydrogen-bond donors (Lipinski definition) is 3. The predicted molar refractivity (Wildman–Crippen MR) is 70.6 cm³/mol. The number of carboxylic acid groups (broad SMARTS) is 2. The summed E-state index contributed by atoms with van der Waals surface area (Å²) in [5, 5.41) is 19.7. The predicted octanol–water partition coefficient (Wildman–Crippen LogP) is 0.372. The summed E-state index contributed by atoms with van der Waals surface area (Å²) in [7, 11) is 0. The van der Waals surface area contributed by atoms with Gasteiger partial charge in [-0.2, -0.15) is 0 Å². The summed E-state index contributed by atoms with van der Waals surface area (Å²) in [5.74, 6) is -2.52. The van der Waals surface area contributed by atoms with Gasteiger partial charge >= 0.3 is 18.0 Å². The van der Waals surface area contributed by atoms with Gasteiger partial charge < -0.3 is 25.2 Å². The molecule has 0 spiro atoms. The minimum absolute atomic E-state index is 0.159. The average molecular weight is 290 g/mol. The summed E-state index contributed by atoms with van der Waals surface area (Å²) >= 11 is 0. The SMILES string of the molecule is CC(C)OCCCCNC(=O)N(CC(=O)O)CC(=O)O. The highest BCUT2D eigenvalue weighted by Gasteiger charge is 2.18. The van der Waals surface area contributed by atoms with Crippen molar-refractivity contribution in [2.45, 2.75) is 32.8 Å². The van der Waals surface area contributed by atoms with E-state index in [1.807, 2.05) is 13.8 Å². The molecule has 0 bridgehead atoms. The van der Waals surface area contributed by atoms with Crippen LogP contribution in [0.25, 0.3) is 0 Å². The Hall–Kier alpha value is -1.83. The molecule has 0 radical (unpaired) electrons. The number of aliphatic carboxylic acids is 2. The fourth-order valence-electron chi connectivity index (χ4n) is 1.38. The third kappa shape index (κ3) is 10.1. The van der Waals surface area contributed by atoms with Crippen molar-refractivity contribution in [2.75, 3.05) is 26.2 Å². The Morgan fingerprint density at radius 3 is 2.10 bits per heavy atom. The van der Waals surface area contributed by atoms with Gasteiger partial charge in [0.15, 0.2) is 0 Å². The van der Waals surface area contributed by atoms with E-state index in [-0.39, 0.29) is 6.10 Å². The second kappa shape index (κ2) is 10.0. The highest BCUT2D eigenvalue weighted by Crippen LogP contribution is 1.95. The van der Waals surface area contributed by atoms with Gasteiger partial charge in [0.05, 0.1) is 6.10 Å². The van der Waals surface area contributed by atoms with Gasteiger partial charge in [0.2, 0.25) is 0 Å². The van der Waals surface area contributed by atoms with E-state index in [4.69, 9.17) is 14.9 Å². The van der Waals surface area contributed by atoms with Crippen LogP contribution in [0.3, 0.4) is 0 Å². The first-order chi connectivity index (χ1) is 9.32. The molecule has 8 nitrogen and oxygen atoms in total. The van der Waals surface area contributed by atoms with E-state index in [9.17, 15) is 14.4 Å². The van der Waals surface area contributed by atoms with Crippen LogP contribution in [0.1, 0.15) is 26.7 Å².